The first-order valence-corrected chi connectivity index (χ1v) is 9.93. The molecule has 154 valence electrons. The molecule has 0 aliphatic carbocycles. The Morgan fingerprint density at radius 3 is 2.43 bits per heavy atom. The van der Waals surface area contributed by atoms with Crippen molar-refractivity contribution in [1.82, 2.24) is 0 Å². The summed E-state index contributed by atoms with van der Waals surface area (Å²) in [5.74, 6) is 1.36. The molecule has 0 saturated heterocycles. The van der Waals surface area contributed by atoms with Gasteiger partial charge in [-0.1, -0.05) is 0 Å². The smallest absolute Gasteiger partial charge is 0.208 e. The van der Waals surface area contributed by atoms with Crippen LogP contribution in [0.3, 0.4) is 0 Å². The molecule has 0 radical (unpaired) electrons. The van der Waals surface area contributed by atoms with E-state index in [0.29, 0.717) is 28.7 Å². The molecule has 0 aliphatic heterocycles. The highest BCUT2D eigenvalue weighted by Crippen LogP contribution is 2.39. The molecule has 0 unspecified atom stereocenters. The molecule has 8 heteroatoms. The van der Waals surface area contributed by atoms with Crippen molar-refractivity contribution in [3.05, 3.63) is 58.5 Å². The Balaban J connectivity index is 1.95. The van der Waals surface area contributed by atoms with E-state index in [4.69, 9.17) is 19.9 Å². The first-order valence-electron chi connectivity index (χ1n) is 9.11. The molecule has 30 heavy (non-hydrogen) atoms. The largest absolute Gasteiger partial charge is 0.497 e. The van der Waals surface area contributed by atoms with Crippen LogP contribution < -0.4 is 25.3 Å². The van der Waals surface area contributed by atoms with Gasteiger partial charge in [-0.15, -0.1) is 11.3 Å². The summed E-state index contributed by atoms with van der Waals surface area (Å²) in [6, 6.07) is 14.3. The van der Waals surface area contributed by atoms with E-state index in [9.17, 15) is 10.1 Å². The van der Waals surface area contributed by atoms with E-state index in [1.165, 1.54) is 14.2 Å². The van der Waals surface area contributed by atoms with Gasteiger partial charge < -0.3 is 25.3 Å². The third-order valence-corrected chi connectivity index (χ3v) is 5.46. The van der Waals surface area contributed by atoms with E-state index >= 15 is 0 Å². The van der Waals surface area contributed by atoms with Gasteiger partial charge in [0.2, 0.25) is 5.78 Å². The Labute approximate surface area is 178 Å². The molecular formula is C22H21N3O4S. The van der Waals surface area contributed by atoms with Gasteiger partial charge in [0.1, 0.15) is 38.8 Å². The number of nitrogens with one attached hydrogen (secondary N) is 1. The predicted octanol–water partition coefficient (Wildman–Crippen LogP) is 4.59. The lowest BCUT2D eigenvalue weighted by atomic mass is 10.1. The first kappa shape index (κ1) is 21.0. The highest BCUT2D eigenvalue weighted by atomic mass is 32.1. The van der Waals surface area contributed by atoms with Crippen molar-refractivity contribution in [3.8, 4) is 23.3 Å². The topological polar surface area (TPSA) is 107 Å². The molecule has 3 N–H and O–H groups in total. The second-order valence-corrected chi connectivity index (χ2v) is 7.16. The van der Waals surface area contributed by atoms with Crippen LogP contribution in [0.5, 0.6) is 17.2 Å². The highest BCUT2D eigenvalue weighted by Gasteiger charge is 2.24. The Kier molecular flexibility index (Phi) is 6.45. The Hall–Kier alpha value is -3.70. The van der Waals surface area contributed by atoms with Crippen molar-refractivity contribution in [1.29, 1.82) is 5.26 Å². The fraction of sp³-hybridized carbons (Fsp3) is 0.182. The van der Waals surface area contributed by atoms with Crippen molar-refractivity contribution in [2.75, 3.05) is 31.9 Å². The van der Waals surface area contributed by atoms with Crippen molar-refractivity contribution < 1.29 is 19.0 Å². The number of ketones is 1. The summed E-state index contributed by atoms with van der Waals surface area (Å²) in [4.78, 5) is 13.4. The molecule has 0 saturated carbocycles. The predicted molar refractivity (Wildman–Crippen MR) is 117 cm³/mol. The fourth-order valence-corrected chi connectivity index (χ4v) is 3.90. The molecule has 0 aliphatic rings. The molecule has 1 aromatic heterocycles. The molecule has 7 nitrogen and oxygen atoms in total. The Morgan fingerprint density at radius 2 is 1.83 bits per heavy atom. The quantitative estimate of drug-likeness (QED) is 0.510. The van der Waals surface area contributed by atoms with Crippen LogP contribution in [0.4, 0.5) is 16.4 Å². The van der Waals surface area contributed by atoms with E-state index in [1.807, 2.05) is 31.2 Å². The maximum absolute atomic E-state index is 13.2. The van der Waals surface area contributed by atoms with Crippen LogP contribution in [-0.2, 0) is 0 Å². The summed E-state index contributed by atoms with van der Waals surface area (Å²) in [6.07, 6.45) is 0. The zero-order chi connectivity index (χ0) is 21.7. The van der Waals surface area contributed by atoms with Crippen LogP contribution in [0.25, 0.3) is 0 Å². The molecule has 3 rings (SSSR count). The lowest BCUT2D eigenvalue weighted by molar-refractivity contribution is 0.104. The van der Waals surface area contributed by atoms with Crippen molar-refractivity contribution in [2.45, 2.75) is 6.92 Å². The summed E-state index contributed by atoms with van der Waals surface area (Å²) in [5.41, 5.74) is 7.61. The van der Waals surface area contributed by atoms with Crippen LogP contribution in [-0.4, -0.2) is 26.6 Å². The standard InChI is InChI=1S/C22H21N3O4S/c1-4-29-14-7-5-13(6-8-14)25-22-17(12-23)19(24)21(30-22)20(26)16-10-9-15(27-2)11-18(16)28-3/h5-11,25H,4,24H2,1-3H3. The van der Waals surface area contributed by atoms with Crippen LogP contribution >= 0.6 is 11.3 Å². The van der Waals surface area contributed by atoms with Gasteiger partial charge in [0.05, 0.1) is 32.1 Å². The summed E-state index contributed by atoms with van der Waals surface area (Å²) in [5, 5.41) is 13.2. The maximum atomic E-state index is 13.2. The van der Waals surface area contributed by atoms with E-state index in [1.54, 1.807) is 18.2 Å². The monoisotopic (exact) mass is 423 g/mol. The van der Waals surface area contributed by atoms with E-state index in [2.05, 4.69) is 11.4 Å². The molecule has 0 atom stereocenters. The molecule has 0 bridgehead atoms. The number of anilines is 3. The van der Waals surface area contributed by atoms with Gasteiger partial charge in [-0.05, 0) is 43.3 Å². The lowest BCUT2D eigenvalue weighted by Gasteiger charge is -2.09. The minimum Gasteiger partial charge on any atom is -0.497 e. The number of thiophene rings is 1. The number of ether oxygens (including phenoxy) is 3. The van der Waals surface area contributed by atoms with E-state index < -0.39 is 0 Å². The summed E-state index contributed by atoms with van der Waals surface area (Å²) in [6.45, 7) is 2.49. The average molecular weight is 423 g/mol. The minimum absolute atomic E-state index is 0.138. The van der Waals surface area contributed by atoms with Gasteiger partial charge in [0.25, 0.3) is 0 Å². The Morgan fingerprint density at radius 1 is 1.13 bits per heavy atom. The van der Waals surface area contributed by atoms with E-state index in [0.717, 1.165) is 22.8 Å². The zero-order valence-electron chi connectivity index (χ0n) is 16.8. The normalized spacial score (nSPS) is 10.2. The highest BCUT2D eigenvalue weighted by molar-refractivity contribution is 7.19. The van der Waals surface area contributed by atoms with Crippen LogP contribution in [0.2, 0.25) is 0 Å². The number of nitrogens with two attached hydrogens (primary N) is 1. The lowest BCUT2D eigenvalue weighted by Crippen LogP contribution is -2.05. The third kappa shape index (κ3) is 4.16. The number of methoxy groups -OCH3 is 2. The van der Waals surface area contributed by atoms with Crippen molar-refractivity contribution in [2.24, 2.45) is 0 Å². The van der Waals surface area contributed by atoms with Crippen LogP contribution in [0.15, 0.2) is 42.5 Å². The van der Waals surface area contributed by atoms with Gasteiger partial charge in [-0.25, -0.2) is 0 Å². The second kappa shape index (κ2) is 9.20. The number of hydrogen-bond acceptors (Lipinski definition) is 8. The van der Waals surface area contributed by atoms with E-state index in [-0.39, 0.29) is 21.9 Å². The number of carbonyl (C=O) groups is 1. The zero-order valence-corrected chi connectivity index (χ0v) is 17.6. The molecule has 3 aromatic rings. The molecule has 0 amide bonds. The number of benzene rings is 2. The SMILES string of the molecule is CCOc1ccc(Nc2sc(C(=O)c3ccc(OC)cc3OC)c(N)c2C#N)cc1. The summed E-state index contributed by atoms with van der Waals surface area (Å²) in [7, 11) is 3.01. The number of nitriles is 1. The molecule has 0 fully saturated rings. The van der Waals surface area contributed by atoms with Crippen molar-refractivity contribution in [3.63, 3.8) is 0 Å². The van der Waals surface area contributed by atoms with Crippen LogP contribution in [0, 0.1) is 11.3 Å². The third-order valence-electron chi connectivity index (χ3n) is 4.34. The first-order chi connectivity index (χ1) is 14.5. The molecule has 2 aromatic carbocycles. The van der Waals surface area contributed by atoms with Gasteiger partial charge in [-0.3, -0.25) is 4.79 Å². The molecule has 1 heterocycles. The van der Waals surface area contributed by atoms with Crippen LogP contribution in [0.1, 0.15) is 27.7 Å². The van der Waals surface area contributed by atoms with Crippen molar-refractivity contribution >= 4 is 33.5 Å². The number of rotatable bonds is 8. The minimum atomic E-state index is -0.326. The maximum Gasteiger partial charge on any atom is 0.208 e. The fourth-order valence-electron chi connectivity index (χ4n) is 2.85. The number of carbonyl (C=O) groups excluding carboxylic acids is 1. The van der Waals surface area contributed by atoms with Gasteiger partial charge >= 0.3 is 0 Å². The molecular weight excluding hydrogens is 402 g/mol. The summed E-state index contributed by atoms with van der Waals surface area (Å²) >= 11 is 1.13. The summed E-state index contributed by atoms with van der Waals surface area (Å²) < 4.78 is 15.9. The molecule has 0 spiro atoms. The number of hydrogen-bond donors (Lipinski definition) is 2. The van der Waals surface area contributed by atoms with Gasteiger partial charge in [0, 0.05) is 11.8 Å². The van der Waals surface area contributed by atoms with Gasteiger partial charge in [0.15, 0.2) is 0 Å². The number of nitrogen functional groups attached to an aromatic ring is 1. The average Bonchev–Trinajstić information content (AvgIpc) is 3.09. The number of nitrogens with zero attached hydrogens (tertiary/aromatic N) is 1. The second-order valence-electron chi connectivity index (χ2n) is 6.14. The Bertz CT molecular complexity index is 1100. The van der Waals surface area contributed by atoms with Gasteiger partial charge in [-0.2, -0.15) is 5.26 Å².